The summed E-state index contributed by atoms with van der Waals surface area (Å²) in [7, 11) is 2.50. The van der Waals surface area contributed by atoms with Crippen LogP contribution in [0, 0.1) is 11.8 Å². The number of aromatic hydroxyl groups is 1. The molecule has 3 nitrogen and oxygen atoms in total. The van der Waals surface area contributed by atoms with Crippen molar-refractivity contribution in [3.63, 3.8) is 0 Å². The van der Waals surface area contributed by atoms with E-state index in [0.717, 1.165) is 24.5 Å². The van der Waals surface area contributed by atoms with Crippen LogP contribution in [0.25, 0.3) is 0 Å². The van der Waals surface area contributed by atoms with E-state index in [2.05, 4.69) is 13.6 Å². The van der Waals surface area contributed by atoms with Crippen LogP contribution in [0.5, 0.6) is 11.5 Å². The lowest BCUT2D eigenvalue weighted by Crippen LogP contribution is -2.71. The first-order valence-corrected chi connectivity index (χ1v) is 10.1. The molecule has 3 fully saturated rings. The van der Waals surface area contributed by atoms with E-state index in [1.54, 1.807) is 0 Å². The summed E-state index contributed by atoms with van der Waals surface area (Å²) in [6.45, 7) is 6.98. The van der Waals surface area contributed by atoms with Crippen molar-refractivity contribution in [3.8, 4) is 11.5 Å². The second-order valence-corrected chi connectivity index (χ2v) is 9.63. The third kappa shape index (κ3) is 1.66. The SMILES string of the molecule is C=C1CCC2C3Cc4c(O)ccc5c4[C@@]2(CC[N@+]3(C)CC2CC2)C1O5. The topological polar surface area (TPSA) is 29.5 Å². The van der Waals surface area contributed by atoms with E-state index in [0.29, 0.717) is 17.7 Å². The number of benzene rings is 1. The number of likely N-dealkylation sites (N-methyl/N-ethyl adjacent to an activating group) is 1. The van der Waals surface area contributed by atoms with Gasteiger partial charge in [-0.2, -0.15) is 0 Å². The van der Waals surface area contributed by atoms with Gasteiger partial charge in [-0.3, -0.25) is 0 Å². The summed E-state index contributed by atoms with van der Waals surface area (Å²) in [6, 6.07) is 4.48. The van der Waals surface area contributed by atoms with E-state index < -0.39 is 0 Å². The van der Waals surface area contributed by atoms with Gasteiger partial charge in [0.05, 0.1) is 31.6 Å². The predicted octanol–water partition coefficient (Wildman–Crippen LogP) is 3.54. The van der Waals surface area contributed by atoms with Crippen molar-refractivity contribution < 1.29 is 14.3 Å². The maximum atomic E-state index is 10.7. The lowest BCUT2D eigenvalue weighted by molar-refractivity contribution is -0.946. The standard InChI is InChI=1S/C22H27NO2/c1-13-3-6-16-17-11-15-18(24)7-8-19-20(15)22(16,21(13)25-19)9-10-23(17,2)12-14-4-5-14/h7-8,14,16-17,21H,1,3-6,9-12H2,2H3/p+1/t16?,17?,21?,22-,23+/m0/s1. The van der Waals surface area contributed by atoms with Crippen molar-refractivity contribution >= 4 is 0 Å². The molecule has 5 aliphatic rings. The highest BCUT2D eigenvalue weighted by molar-refractivity contribution is 5.60. The van der Waals surface area contributed by atoms with Gasteiger partial charge in [0.15, 0.2) is 0 Å². The number of piperidine rings is 1. The molecule has 0 radical (unpaired) electrons. The fourth-order valence-electron chi connectivity index (χ4n) is 7.06. The van der Waals surface area contributed by atoms with Gasteiger partial charge in [-0.05, 0) is 43.4 Å². The average molecular weight is 338 g/mol. The average Bonchev–Trinajstić information content (AvgIpc) is 3.32. The lowest BCUT2D eigenvalue weighted by Gasteiger charge is -2.61. The number of likely N-dealkylation sites (tertiary alicyclic amines) is 1. The largest absolute Gasteiger partial charge is 0.508 e. The van der Waals surface area contributed by atoms with E-state index in [1.165, 1.54) is 60.0 Å². The molecule has 1 spiro atoms. The third-order valence-corrected chi connectivity index (χ3v) is 8.32. The van der Waals surface area contributed by atoms with Gasteiger partial charge in [-0.25, -0.2) is 0 Å². The van der Waals surface area contributed by atoms with Crippen molar-refractivity contribution in [1.29, 1.82) is 0 Å². The molecule has 1 aromatic rings. The van der Waals surface area contributed by atoms with Gasteiger partial charge in [0, 0.05) is 35.8 Å². The summed E-state index contributed by atoms with van der Waals surface area (Å²) < 4.78 is 7.70. The van der Waals surface area contributed by atoms with Crippen LogP contribution in [0.4, 0.5) is 0 Å². The highest BCUT2D eigenvalue weighted by Gasteiger charge is 2.68. The smallest absolute Gasteiger partial charge is 0.130 e. The Labute approximate surface area is 149 Å². The molecule has 6 rings (SSSR count). The minimum Gasteiger partial charge on any atom is -0.508 e. The normalized spacial score (nSPS) is 43.6. The predicted molar refractivity (Wildman–Crippen MR) is 96.8 cm³/mol. The Kier molecular flexibility index (Phi) is 2.60. The first kappa shape index (κ1) is 14.7. The van der Waals surface area contributed by atoms with Crippen LogP contribution in [0.15, 0.2) is 24.3 Å². The molecule has 132 valence electrons. The minimum atomic E-state index is 0.0863. The zero-order valence-corrected chi connectivity index (χ0v) is 15.1. The van der Waals surface area contributed by atoms with Crippen molar-refractivity contribution in [2.75, 3.05) is 20.1 Å². The van der Waals surface area contributed by atoms with E-state index in [9.17, 15) is 5.11 Å². The van der Waals surface area contributed by atoms with E-state index in [-0.39, 0.29) is 11.5 Å². The first-order valence-electron chi connectivity index (χ1n) is 10.1. The van der Waals surface area contributed by atoms with E-state index >= 15 is 0 Å². The van der Waals surface area contributed by atoms with E-state index in [4.69, 9.17) is 4.74 Å². The monoisotopic (exact) mass is 338 g/mol. The van der Waals surface area contributed by atoms with Gasteiger partial charge < -0.3 is 14.3 Å². The molecule has 1 aromatic carbocycles. The highest BCUT2D eigenvalue weighted by atomic mass is 16.5. The van der Waals surface area contributed by atoms with Gasteiger partial charge >= 0.3 is 0 Å². The molecule has 3 unspecified atom stereocenters. The number of quaternary nitrogens is 1. The summed E-state index contributed by atoms with van der Waals surface area (Å²) in [6.07, 6.45) is 7.54. The molecule has 1 N–H and O–H groups in total. The summed E-state index contributed by atoms with van der Waals surface area (Å²) in [5.74, 6) is 3.13. The molecule has 3 aliphatic carbocycles. The Balaban J connectivity index is 1.56. The van der Waals surface area contributed by atoms with Crippen molar-refractivity contribution in [2.45, 2.75) is 56.1 Å². The number of rotatable bonds is 2. The van der Waals surface area contributed by atoms with Gasteiger partial charge in [0.25, 0.3) is 0 Å². The molecule has 3 heteroatoms. The zero-order chi connectivity index (χ0) is 17.0. The Morgan fingerprint density at radius 1 is 1.32 bits per heavy atom. The maximum Gasteiger partial charge on any atom is 0.130 e. The number of phenols is 1. The van der Waals surface area contributed by atoms with Crippen LogP contribution in [-0.2, 0) is 11.8 Å². The maximum absolute atomic E-state index is 10.7. The van der Waals surface area contributed by atoms with Crippen LogP contribution >= 0.6 is 0 Å². The second kappa shape index (κ2) is 4.43. The molecule has 1 saturated heterocycles. The zero-order valence-electron chi connectivity index (χ0n) is 15.1. The van der Waals surface area contributed by atoms with Gasteiger partial charge in [-0.1, -0.05) is 6.58 Å². The highest BCUT2D eigenvalue weighted by Crippen LogP contribution is 2.65. The molecular formula is C22H28NO2+. The minimum absolute atomic E-state index is 0.0863. The molecule has 5 atom stereocenters. The summed E-state index contributed by atoms with van der Waals surface area (Å²) in [4.78, 5) is 0. The third-order valence-electron chi connectivity index (χ3n) is 8.32. The number of hydrogen-bond donors (Lipinski definition) is 1. The Bertz CT molecular complexity index is 797. The van der Waals surface area contributed by atoms with Crippen LogP contribution in [-0.4, -0.2) is 41.9 Å². The summed E-state index contributed by atoms with van der Waals surface area (Å²) >= 11 is 0. The van der Waals surface area contributed by atoms with Crippen LogP contribution < -0.4 is 4.74 Å². The van der Waals surface area contributed by atoms with Gasteiger partial charge in [-0.15, -0.1) is 0 Å². The second-order valence-electron chi connectivity index (χ2n) is 9.63. The van der Waals surface area contributed by atoms with Gasteiger partial charge in [0.1, 0.15) is 17.6 Å². The molecule has 2 aliphatic heterocycles. The Hall–Kier alpha value is -1.48. The lowest BCUT2D eigenvalue weighted by atomic mass is 9.50. The van der Waals surface area contributed by atoms with Crippen LogP contribution in [0.1, 0.15) is 43.2 Å². The number of hydrogen-bond acceptors (Lipinski definition) is 2. The quantitative estimate of drug-likeness (QED) is 0.660. The number of ether oxygens (including phenoxy) is 1. The molecular weight excluding hydrogens is 310 g/mol. The summed E-state index contributed by atoms with van der Waals surface area (Å²) in [5.41, 5.74) is 3.91. The fourth-order valence-corrected chi connectivity index (χ4v) is 7.06. The Morgan fingerprint density at radius 2 is 2.16 bits per heavy atom. The molecule has 2 bridgehead atoms. The van der Waals surface area contributed by atoms with Crippen LogP contribution in [0.3, 0.4) is 0 Å². The van der Waals surface area contributed by atoms with Crippen molar-refractivity contribution in [1.82, 2.24) is 0 Å². The molecule has 0 aromatic heterocycles. The Morgan fingerprint density at radius 3 is 2.96 bits per heavy atom. The van der Waals surface area contributed by atoms with E-state index in [1.807, 2.05) is 12.1 Å². The van der Waals surface area contributed by atoms with Crippen LogP contribution in [0.2, 0.25) is 0 Å². The molecule has 0 amide bonds. The molecule has 2 saturated carbocycles. The van der Waals surface area contributed by atoms with Gasteiger partial charge in [0.2, 0.25) is 0 Å². The fraction of sp³-hybridized carbons (Fsp3) is 0.636. The molecule has 2 heterocycles. The van der Waals surface area contributed by atoms with Crippen molar-refractivity contribution in [2.24, 2.45) is 11.8 Å². The van der Waals surface area contributed by atoms with Crippen molar-refractivity contribution in [3.05, 3.63) is 35.4 Å². The number of nitrogens with zero attached hydrogens (tertiary/aromatic N) is 1. The number of phenolic OH excluding ortho intramolecular Hbond substituents is 1. The first-order chi connectivity index (χ1) is 12.0. The summed E-state index contributed by atoms with van der Waals surface area (Å²) in [5, 5.41) is 10.7. The molecule has 25 heavy (non-hydrogen) atoms.